The quantitative estimate of drug-likeness (QED) is 0.748. The largest absolute Gasteiger partial charge is 0.356 e. The number of amides is 1. The van der Waals surface area contributed by atoms with Crippen molar-refractivity contribution in [3.8, 4) is 0 Å². The van der Waals surface area contributed by atoms with Crippen LogP contribution in [0, 0.1) is 23.7 Å². The van der Waals surface area contributed by atoms with Gasteiger partial charge in [-0.3, -0.25) is 4.79 Å². The first-order valence-corrected chi connectivity index (χ1v) is 11.9. The molecule has 31 heavy (non-hydrogen) atoms. The first-order valence-electron chi connectivity index (χ1n) is 11.5. The molecule has 1 aromatic carbocycles. The van der Waals surface area contributed by atoms with Crippen LogP contribution >= 0.6 is 11.6 Å². The van der Waals surface area contributed by atoms with Gasteiger partial charge >= 0.3 is 0 Å². The highest BCUT2D eigenvalue weighted by Crippen LogP contribution is 2.52. The van der Waals surface area contributed by atoms with E-state index in [4.69, 9.17) is 11.6 Å². The molecule has 1 saturated heterocycles. The first kappa shape index (κ1) is 20.8. The number of benzene rings is 1. The fourth-order valence-corrected chi connectivity index (χ4v) is 6.55. The van der Waals surface area contributed by atoms with Crippen LogP contribution in [0.3, 0.4) is 0 Å². The predicted molar refractivity (Wildman–Crippen MR) is 125 cm³/mol. The van der Waals surface area contributed by atoms with E-state index in [9.17, 15) is 4.79 Å². The minimum Gasteiger partial charge on any atom is -0.356 e. The lowest BCUT2D eigenvalue weighted by Crippen LogP contribution is -2.54. The molecular weight excluding hydrogens is 406 g/mol. The van der Waals surface area contributed by atoms with Crippen molar-refractivity contribution in [2.75, 3.05) is 27.2 Å². The number of likely N-dealkylation sites (tertiary alicyclic amines) is 1. The number of allylic oxidation sites excluding steroid dienone is 4. The normalized spacial score (nSPS) is 31.6. The van der Waals surface area contributed by atoms with Gasteiger partial charge in [-0.1, -0.05) is 35.9 Å². The second kappa shape index (κ2) is 8.48. The van der Waals surface area contributed by atoms with Gasteiger partial charge in [0.25, 0.3) is 0 Å². The number of carbonyl (C=O) groups is 1. The van der Waals surface area contributed by atoms with E-state index < -0.39 is 0 Å². The number of nitrogens with zero attached hydrogens (tertiary/aromatic N) is 2. The predicted octanol–water partition coefficient (Wildman–Crippen LogP) is 4.24. The summed E-state index contributed by atoms with van der Waals surface area (Å²) in [5.74, 6) is 2.45. The number of fused-ring (bicyclic) bond motifs is 2. The Hall–Kier alpha value is -2.04. The number of carbonyl (C=O) groups excluding carboxylic acids is 1. The number of piperidine rings is 1. The zero-order valence-corrected chi connectivity index (χ0v) is 19.2. The number of hydrogen-bond acceptors (Lipinski definition) is 3. The van der Waals surface area contributed by atoms with Crippen molar-refractivity contribution in [2.45, 2.75) is 31.7 Å². The van der Waals surface area contributed by atoms with Gasteiger partial charge in [0, 0.05) is 55.4 Å². The number of aryl methyl sites for hydroxylation is 1. The third-order valence-electron chi connectivity index (χ3n) is 7.74. The molecule has 0 radical (unpaired) electrons. The van der Waals surface area contributed by atoms with Gasteiger partial charge in [0.1, 0.15) is 0 Å². The second-order valence-electron chi connectivity index (χ2n) is 9.76. The van der Waals surface area contributed by atoms with Crippen LogP contribution in [0.15, 0.2) is 60.0 Å². The Morgan fingerprint density at radius 2 is 2.16 bits per heavy atom. The van der Waals surface area contributed by atoms with E-state index in [0.29, 0.717) is 36.1 Å². The Morgan fingerprint density at radius 3 is 3.00 bits per heavy atom. The summed E-state index contributed by atoms with van der Waals surface area (Å²) in [4.78, 5) is 17.4. The monoisotopic (exact) mass is 437 g/mol. The van der Waals surface area contributed by atoms with Gasteiger partial charge in [-0.15, -0.1) is 0 Å². The van der Waals surface area contributed by atoms with Crippen molar-refractivity contribution in [3.63, 3.8) is 0 Å². The van der Waals surface area contributed by atoms with Crippen LogP contribution in [0.4, 0.5) is 0 Å². The van der Waals surface area contributed by atoms with Crippen LogP contribution in [-0.4, -0.2) is 48.9 Å². The molecule has 4 nitrogen and oxygen atoms in total. The van der Waals surface area contributed by atoms with E-state index in [1.165, 1.54) is 18.5 Å². The summed E-state index contributed by atoms with van der Waals surface area (Å²) >= 11 is 6.05. The Kier molecular flexibility index (Phi) is 5.70. The summed E-state index contributed by atoms with van der Waals surface area (Å²) in [5.41, 5.74) is 4.17. The molecule has 0 bridgehead atoms. The Bertz CT molecular complexity index is 952. The van der Waals surface area contributed by atoms with Crippen LogP contribution in [0.5, 0.6) is 0 Å². The van der Waals surface area contributed by atoms with Crippen molar-refractivity contribution in [2.24, 2.45) is 23.7 Å². The zero-order chi connectivity index (χ0) is 21.5. The van der Waals surface area contributed by atoms with Gasteiger partial charge in [-0.05, 0) is 73.4 Å². The molecule has 2 unspecified atom stereocenters. The van der Waals surface area contributed by atoms with Crippen LogP contribution in [0.25, 0.3) is 0 Å². The highest BCUT2D eigenvalue weighted by Gasteiger charge is 2.49. The molecule has 2 fully saturated rings. The van der Waals surface area contributed by atoms with Crippen molar-refractivity contribution in [1.82, 2.24) is 15.1 Å². The maximum Gasteiger partial charge on any atom is 0.220 e. The third-order valence-corrected chi connectivity index (χ3v) is 7.97. The summed E-state index contributed by atoms with van der Waals surface area (Å²) in [7, 11) is 4.45. The molecule has 1 N–H and O–H groups in total. The van der Waals surface area contributed by atoms with Crippen LogP contribution in [0.2, 0.25) is 5.02 Å². The summed E-state index contributed by atoms with van der Waals surface area (Å²) in [6, 6.07) is 8.39. The molecular formula is C26H32ClN3O. The minimum atomic E-state index is 0.138. The van der Waals surface area contributed by atoms with Gasteiger partial charge in [-0.2, -0.15) is 0 Å². The lowest BCUT2D eigenvalue weighted by molar-refractivity contribution is -0.121. The van der Waals surface area contributed by atoms with Crippen molar-refractivity contribution >= 4 is 17.5 Å². The lowest BCUT2D eigenvalue weighted by Gasteiger charge is -2.51. The lowest BCUT2D eigenvalue weighted by atomic mass is 9.61. The molecule has 164 valence electrons. The molecule has 2 aliphatic carbocycles. The van der Waals surface area contributed by atoms with E-state index in [-0.39, 0.29) is 5.91 Å². The van der Waals surface area contributed by atoms with E-state index in [0.717, 1.165) is 30.1 Å². The standard InChI is InChI=1S/C26H32ClN3O/c1-29-15-18(14-28-25(31)10-9-17-5-3-6-20(27)11-17)12-22-21-7-4-8-23-26(21)19(13-24(22)29)16-30(23)2/h3-8,11,16,18,21-22,24,26H,9-10,12-15H2,1-2H3,(H,28,31)/t18-,21?,22+,24+,26?/m0/s1. The zero-order valence-electron chi connectivity index (χ0n) is 18.4. The van der Waals surface area contributed by atoms with E-state index in [1.807, 2.05) is 24.3 Å². The second-order valence-corrected chi connectivity index (χ2v) is 10.2. The highest BCUT2D eigenvalue weighted by molar-refractivity contribution is 6.30. The number of nitrogens with one attached hydrogen (secondary N) is 1. The van der Waals surface area contributed by atoms with Crippen LogP contribution < -0.4 is 5.32 Å². The summed E-state index contributed by atoms with van der Waals surface area (Å²) < 4.78 is 0. The van der Waals surface area contributed by atoms with Gasteiger partial charge in [0.2, 0.25) is 5.91 Å². The Labute approximate surface area is 190 Å². The van der Waals surface area contributed by atoms with Crippen molar-refractivity contribution in [1.29, 1.82) is 0 Å². The average Bonchev–Trinajstić information content (AvgIpc) is 3.08. The molecule has 2 heterocycles. The van der Waals surface area contributed by atoms with E-state index in [2.05, 4.69) is 53.6 Å². The fraction of sp³-hybridized carbons (Fsp3) is 0.500. The van der Waals surface area contributed by atoms with Gasteiger partial charge in [0.05, 0.1) is 0 Å². The molecule has 5 heteroatoms. The van der Waals surface area contributed by atoms with Crippen molar-refractivity contribution < 1.29 is 4.79 Å². The van der Waals surface area contributed by atoms with E-state index >= 15 is 0 Å². The topological polar surface area (TPSA) is 35.6 Å². The van der Waals surface area contributed by atoms with Crippen LogP contribution in [0.1, 0.15) is 24.8 Å². The van der Waals surface area contributed by atoms with E-state index in [1.54, 1.807) is 5.57 Å². The maximum absolute atomic E-state index is 12.5. The molecule has 0 aromatic heterocycles. The Balaban J connectivity index is 1.19. The number of hydrogen-bond donors (Lipinski definition) is 1. The van der Waals surface area contributed by atoms with Gasteiger partial charge in [-0.25, -0.2) is 0 Å². The average molecular weight is 438 g/mol. The van der Waals surface area contributed by atoms with Crippen molar-refractivity contribution in [3.05, 3.63) is 70.5 Å². The minimum absolute atomic E-state index is 0.138. The molecule has 1 amide bonds. The Morgan fingerprint density at radius 1 is 1.29 bits per heavy atom. The molecule has 1 saturated carbocycles. The summed E-state index contributed by atoms with van der Waals surface area (Å²) in [6.07, 6.45) is 13.0. The SMILES string of the molecule is CN1C=C2C[C@@H]3[C@H](C[C@@H](CNC(=O)CCc4cccc(Cl)c4)CN3C)C3C=CC=C1C23. The van der Waals surface area contributed by atoms with Gasteiger partial charge in [0.15, 0.2) is 0 Å². The summed E-state index contributed by atoms with van der Waals surface area (Å²) in [5, 5.41) is 3.94. The third kappa shape index (κ3) is 4.08. The molecule has 2 aliphatic heterocycles. The molecule has 5 rings (SSSR count). The molecule has 1 aromatic rings. The number of halogens is 1. The first-order chi connectivity index (χ1) is 15.0. The summed E-state index contributed by atoms with van der Waals surface area (Å²) in [6.45, 7) is 1.83. The molecule has 0 spiro atoms. The smallest absolute Gasteiger partial charge is 0.220 e. The maximum atomic E-state index is 12.5. The van der Waals surface area contributed by atoms with Gasteiger partial charge < -0.3 is 15.1 Å². The number of rotatable bonds is 5. The molecule has 4 aliphatic rings. The fourth-order valence-electron chi connectivity index (χ4n) is 6.33. The highest BCUT2D eigenvalue weighted by atomic mass is 35.5. The van der Waals surface area contributed by atoms with Crippen LogP contribution in [-0.2, 0) is 11.2 Å². The molecule has 5 atom stereocenters.